The summed E-state index contributed by atoms with van der Waals surface area (Å²) in [6.07, 6.45) is 35.4. The Bertz CT molecular complexity index is 437. The molecule has 0 heterocycles. The second-order valence-electron chi connectivity index (χ2n) is 10.2. The molecule has 6 heteroatoms. The van der Waals surface area contributed by atoms with Gasteiger partial charge in [0.25, 0.3) is 0 Å². The molecule has 0 saturated carbocycles. The van der Waals surface area contributed by atoms with Gasteiger partial charge in [-0.25, -0.2) is 0 Å². The summed E-state index contributed by atoms with van der Waals surface area (Å²) >= 11 is 0. The average molecular weight is 507 g/mol. The first kappa shape index (κ1) is 34.0. The molecule has 1 unspecified atom stereocenters. The quantitative estimate of drug-likeness (QED) is 0.0624. The molecule has 0 bridgehead atoms. The minimum atomic E-state index is -3.86. The van der Waals surface area contributed by atoms with Gasteiger partial charge in [-0.05, 0) is 6.42 Å². The molecule has 205 valence electrons. The Labute approximate surface area is 214 Å². The third kappa shape index (κ3) is 28.2. The largest absolute Gasteiger partial charge is 0.597 e. The molecule has 3 N–H and O–H groups in total. The molecule has 0 aromatic carbocycles. The van der Waals surface area contributed by atoms with E-state index in [1.807, 2.05) is 0 Å². The minimum Gasteiger partial charge on any atom is -0.155 e. The molecule has 0 amide bonds. The van der Waals surface area contributed by atoms with Crippen LogP contribution in [0.1, 0.15) is 174 Å². The lowest BCUT2D eigenvalue weighted by atomic mass is 10.0. The van der Waals surface area contributed by atoms with Gasteiger partial charge < -0.3 is 0 Å². The highest BCUT2D eigenvalue weighted by atomic mass is 32.3. The lowest BCUT2D eigenvalue weighted by Gasteiger charge is -2.04. The van der Waals surface area contributed by atoms with E-state index in [0.717, 1.165) is 19.3 Å². The molecule has 0 aliphatic rings. The van der Waals surface area contributed by atoms with Crippen LogP contribution in [0.2, 0.25) is 0 Å². The maximum absolute atomic E-state index is 10.9. The molecular formula is C28H60NO4S+2. The minimum absolute atomic E-state index is 0.192. The maximum Gasteiger partial charge on any atom is 0.597 e. The molecule has 34 heavy (non-hydrogen) atoms. The van der Waals surface area contributed by atoms with E-state index in [1.165, 1.54) is 148 Å². The second kappa shape index (κ2) is 27.6. The number of quaternary nitrogens is 1. The van der Waals surface area contributed by atoms with Gasteiger partial charge in [-0.1, -0.05) is 167 Å². The normalized spacial score (nSPS) is 13.4. The fourth-order valence-corrected chi connectivity index (χ4v) is 5.00. The topological polar surface area (TPSA) is 83.1 Å². The van der Waals surface area contributed by atoms with Crippen molar-refractivity contribution in [3.63, 3.8) is 0 Å². The molecule has 0 fully saturated rings. The molecule has 5 nitrogen and oxygen atoms in total. The van der Waals surface area contributed by atoms with Crippen molar-refractivity contribution in [3.05, 3.63) is 0 Å². The van der Waals surface area contributed by atoms with Gasteiger partial charge in [0.2, 0.25) is 0 Å². The van der Waals surface area contributed by atoms with Crippen molar-refractivity contribution in [3.8, 4) is 0 Å². The van der Waals surface area contributed by atoms with Gasteiger partial charge in [0.1, 0.15) is 11.2 Å². The van der Waals surface area contributed by atoms with E-state index in [4.69, 9.17) is 0 Å². The molecule has 0 rings (SSSR count). The van der Waals surface area contributed by atoms with Crippen LogP contribution in [0.4, 0.5) is 0 Å². The summed E-state index contributed by atoms with van der Waals surface area (Å²) in [7, 11) is -3.86. The highest BCUT2D eigenvalue weighted by Gasteiger charge is 2.35. The molecule has 1 radical (unpaired) electrons. The van der Waals surface area contributed by atoms with Gasteiger partial charge in [0.05, 0.1) is 4.28 Å². The Morgan fingerprint density at radius 3 is 0.941 bits per heavy atom. The summed E-state index contributed by atoms with van der Waals surface area (Å²) in [5.74, 6) is 2.86. The molecule has 0 saturated heterocycles. The standard InChI is InChI=1S/C28H60NO4S/c1-2-3-4-5-6-7-8-9-10-11-12-13-14-15-16-17-18-19-20-21-22-23-24-25-26-27-28-32-34(30,31)33-29/h2-28H2,1,29H3/q+2. The van der Waals surface area contributed by atoms with Crippen molar-refractivity contribution in [1.82, 2.24) is 0 Å². The third-order valence-corrected chi connectivity index (χ3v) is 7.61. The van der Waals surface area contributed by atoms with Gasteiger partial charge in [-0.2, -0.15) is 5.90 Å². The predicted molar refractivity (Wildman–Crippen MR) is 144 cm³/mol. The number of rotatable bonds is 29. The first-order chi connectivity index (χ1) is 16.6. The lowest BCUT2D eigenvalue weighted by Crippen LogP contribution is -2.53. The van der Waals surface area contributed by atoms with E-state index in [0.29, 0.717) is 0 Å². The zero-order chi connectivity index (χ0) is 25.0. The summed E-state index contributed by atoms with van der Waals surface area (Å²) < 4.78 is 30.5. The van der Waals surface area contributed by atoms with Crippen LogP contribution >= 0.6 is 0 Å². The fraction of sp³-hybridized carbons (Fsp3) is 1.00. The maximum atomic E-state index is 10.9. The van der Waals surface area contributed by atoms with E-state index in [9.17, 15) is 8.76 Å². The zero-order valence-electron chi connectivity index (χ0n) is 22.8. The molecule has 0 aromatic heterocycles. The Hall–Kier alpha value is -0.0100. The van der Waals surface area contributed by atoms with Crippen molar-refractivity contribution in [2.24, 2.45) is 0 Å². The van der Waals surface area contributed by atoms with E-state index in [2.05, 4.69) is 21.3 Å². The van der Waals surface area contributed by atoms with Crippen LogP contribution in [0.25, 0.3) is 0 Å². The molecule has 0 spiro atoms. The highest BCUT2D eigenvalue weighted by Crippen LogP contribution is 2.16. The highest BCUT2D eigenvalue weighted by molar-refractivity contribution is 7.88. The average Bonchev–Trinajstić information content (AvgIpc) is 2.83. The lowest BCUT2D eigenvalue weighted by molar-refractivity contribution is -0.640. The van der Waals surface area contributed by atoms with Crippen molar-refractivity contribution < 1.29 is 23.1 Å². The smallest absolute Gasteiger partial charge is 0.155 e. The molecule has 0 aromatic rings. The van der Waals surface area contributed by atoms with Crippen LogP contribution in [-0.2, 0) is 28.0 Å². The molecular weight excluding hydrogens is 446 g/mol. The van der Waals surface area contributed by atoms with Crippen molar-refractivity contribution in [1.29, 1.82) is 0 Å². The number of hydrogen-bond acceptors (Lipinski definition) is 3. The second-order valence-corrected chi connectivity index (χ2v) is 11.5. The van der Waals surface area contributed by atoms with Gasteiger partial charge in [-0.3, -0.25) is 0 Å². The Kier molecular flexibility index (Phi) is 27.6. The summed E-state index contributed by atoms with van der Waals surface area (Å²) in [6, 6.07) is 0. The fourth-order valence-electron chi connectivity index (χ4n) is 4.61. The monoisotopic (exact) mass is 506 g/mol. The Balaban J connectivity index is 3.06. The van der Waals surface area contributed by atoms with E-state index < -0.39 is 10.8 Å². The summed E-state index contributed by atoms with van der Waals surface area (Å²) in [4.78, 5) is 0. The Morgan fingerprint density at radius 2 is 0.706 bits per heavy atom. The molecule has 0 aliphatic heterocycles. The van der Waals surface area contributed by atoms with Crippen LogP contribution in [0.15, 0.2) is 0 Å². The van der Waals surface area contributed by atoms with Crippen LogP contribution in [-0.4, -0.2) is 6.61 Å². The van der Waals surface area contributed by atoms with Crippen LogP contribution in [0, 0.1) is 0 Å². The van der Waals surface area contributed by atoms with Crippen molar-refractivity contribution >= 4 is 10.8 Å². The Morgan fingerprint density at radius 1 is 0.471 bits per heavy atom. The zero-order valence-corrected chi connectivity index (χ0v) is 23.7. The summed E-state index contributed by atoms with van der Waals surface area (Å²) in [6.45, 7) is 2.48. The first-order valence-corrected chi connectivity index (χ1v) is 16.3. The third-order valence-electron chi connectivity index (χ3n) is 6.87. The SMILES string of the molecule is CCCCCCCCCCCCCCCCCCCCCCCCCCCCO[S+]([O])(=O)O[NH3+]. The van der Waals surface area contributed by atoms with Crippen LogP contribution in [0.3, 0.4) is 0 Å². The molecule has 0 aliphatic carbocycles. The van der Waals surface area contributed by atoms with Gasteiger partial charge >= 0.3 is 10.8 Å². The predicted octanol–water partition coefficient (Wildman–Crippen LogP) is 9.01. The van der Waals surface area contributed by atoms with E-state index in [1.54, 1.807) is 0 Å². The van der Waals surface area contributed by atoms with E-state index >= 15 is 0 Å². The molecule has 1 atom stereocenters. The van der Waals surface area contributed by atoms with Gasteiger partial charge in [0, 0.05) is 4.21 Å². The summed E-state index contributed by atoms with van der Waals surface area (Å²) in [5, 5.41) is 0. The van der Waals surface area contributed by atoms with E-state index in [-0.39, 0.29) is 6.61 Å². The van der Waals surface area contributed by atoms with Crippen LogP contribution in [0.5, 0.6) is 0 Å². The summed E-state index contributed by atoms with van der Waals surface area (Å²) in [5.41, 5.74) is 0. The van der Waals surface area contributed by atoms with Gasteiger partial charge in [-0.15, -0.1) is 4.18 Å². The van der Waals surface area contributed by atoms with Crippen molar-refractivity contribution in [2.75, 3.05) is 6.61 Å². The number of unbranched alkanes of at least 4 members (excludes halogenated alkanes) is 25. The first-order valence-electron chi connectivity index (χ1n) is 15.0. The van der Waals surface area contributed by atoms with Crippen molar-refractivity contribution in [2.45, 2.75) is 174 Å². The van der Waals surface area contributed by atoms with Gasteiger partial charge in [0.15, 0.2) is 0 Å². The van der Waals surface area contributed by atoms with Crippen LogP contribution < -0.4 is 5.90 Å². The number of hydrogen-bond donors (Lipinski definition) is 1.